The van der Waals surface area contributed by atoms with E-state index in [1.54, 1.807) is 38.5 Å². The first-order valence-corrected chi connectivity index (χ1v) is 7.33. The third kappa shape index (κ3) is 1.16. The zero-order chi connectivity index (χ0) is 10.9. The highest BCUT2D eigenvalue weighted by Crippen LogP contribution is 2.74. The van der Waals surface area contributed by atoms with Crippen LogP contribution in [-0.2, 0) is 0 Å². The van der Waals surface area contributed by atoms with Crippen LogP contribution in [0.15, 0.2) is 0 Å². The van der Waals surface area contributed by atoms with Gasteiger partial charge in [0.2, 0.25) is 0 Å². The molecule has 16 heavy (non-hydrogen) atoms. The largest absolute Gasteiger partial charge is 0.309 e. The van der Waals surface area contributed by atoms with E-state index in [-0.39, 0.29) is 0 Å². The highest BCUT2D eigenvalue weighted by molar-refractivity contribution is 5.17. The summed E-state index contributed by atoms with van der Waals surface area (Å²) < 4.78 is 0. The molecule has 0 radical (unpaired) electrons. The first-order valence-electron chi connectivity index (χ1n) is 7.33. The van der Waals surface area contributed by atoms with Crippen LogP contribution >= 0.6 is 0 Å². The van der Waals surface area contributed by atoms with Crippen LogP contribution < -0.4 is 0 Å². The Kier molecular flexibility index (Phi) is 1.89. The van der Waals surface area contributed by atoms with Gasteiger partial charge in [-0.3, -0.25) is 0 Å². The first kappa shape index (κ1) is 9.94. The van der Waals surface area contributed by atoms with E-state index >= 15 is 0 Å². The van der Waals surface area contributed by atoms with Crippen LogP contribution in [0.1, 0.15) is 38.5 Å². The molecule has 0 amide bonds. The van der Waals surface area contributed by atoms with Gasteiger partial charge in [0.25, 0.3) is 0 Å². The zero-order valence-electron chi connectivity index (χ0n) is 10.8. The molecule has 5 aliphatic carbocycles. The predicted octanol–water partition coefficient (Wildman–Crippen LogP) is 3.01. The molecule has 1 spiro atoms. The van der Waals surface area contributed by atoms with E-state index in [4.69, 9.17) is 0 Å². The summed E-state index contributed by atoms with van der Waals surface area (Å²) in [5, 5.41) is 0. The monoisotopic (exact) mass is 219 g/mol. The smallest absolute Gasteiger partial charge is 0.000929 e. The van der Waals surface area contributed by atoms with Gasteiger partial charge in [0, 0.05) is 6.54 Å². The summed E-state index contributed by atoms with van der Waals surface area (Å²) in [6.07, 6.45) is 9.61. The summed E-state index contributed by atoms with van der Waals surface area (Å²) >= 11 is 0. The normalized spacial score (nSPS) is 57.6. The van der Waals surface area contributed by atoms with Crippen LogP contribution in [-0.4, -0.2) is 25.5 Å². The minimum absolute atomic E-state index is 0.859. The number of hydrogen-bond donors (Lipinski definition) is 0. The number of nitrogens with zero attached hydrogens (tertiary/aromatic N) is 1. The van der Waals surface area contributed by atoms with Crippen LogP contribution in [0.2, 0.25) is 0 Å². The Morgan fingerprint density at radius 1 is 0.938 bits per heavy atom. The zero-order valence-corrected chi connectivity index (χ0v) is 10.8. The Morgan fingerprint density at radius 3 is 2.00 bits per heavy atom. The van der Waals surface area contributed by atoms with Crippen LogP contribution in [0, 0.1) is 35.0 Å². The van der Waals surface area contributed by atoms with Crippen LogP contribution in [0.25, 0.3) is 0 Å². The molecule has 0 N–H and O–H groups in total. The second-order valence-electron chi connectivity index (χ2n) is 7.58. The summed E-state index contributed by atoms with van der Waals surface area (Å²) in [4.78, 5) is 2.42. The van der Waals surface area contributed by atoms with Gasteiger partial charge < -0.3 is 4.90 Å². The van der Waals surface area contributed by atoms with Crippen LogP contribution in [0.5, 0.6) is 0 Å². The number of hydrogen-bond acceptors (Lipinski definition) is 1. The fourth-order valence-corrected chi connectivity index (χ4v) is 6.10. The van der Waals surface area contributed by atoms with E-state index in [1.165, 1.54) is 6.54 Å². The average molecular weight is 219 g/mol. The fraction of sp³-hybridized carbons (Fsp3) is 1.00. The highest BCUT2D eigenvalue weighted by Gasteiger charge is 2.67. The topological polar surface area (TPSA) is 3.24 Å². The van der Waals surface area contributed by atoms with E-state index in [2.05, 4.69) is 19.0 Å². The SMILES string of the molecule is CN(C)C[C@H]1CC12C1CC3CC(C1)CC2C3. The second kappa shape index (κ2) is 3.04. The maximum atomic E-state index is 2.42. The van der Waals surface area contributed by atoms with Crippen LogP contribution in [0.4, 0.5) is 0 Å². The third-order valence-electron chi connectivity index (χ3n) is 6.44. The molecule has 5 saturated carbocycles. The Hall–Kier alpha value is -0.0400. The predicted molar refractivity (Wildman–Crippen MR) is 66.1 cm³/mol. The van der Waals surface area contributed by atoms with E-state index in [1.807, 2.05) is 0 Å². The molecular weight excluding hydrogens is 194 g/mol. The molecular formula is C15H25N. The standard InChI is InChI=1S/C15H25N/c1-16(2)9-14-8-15(14)12-4-10-3-11(6-12)7-13(15)5-10/h10-14H,3-9H2,1-2H3/t10?,11?,12?,13?,14-,15?/m1/s1. The minimum atomic E-state index is 0.859. The number of rotatable bonds is 2. The van der Waals surface area contributed by atoms with Gasteiger partial charge in [-0.05, 0) is 87.6 Å². The molecule has 0 aromatic carbocycles. The van der Waals surface area contributed by atoms with Crippen molar-refractivity contribution in [3.05, 3.63) is 0 Å². The molecule has 0 aromatic heterocycles. The Morgan fingerprint density at radius 2 is 1.50 bits per heavy atom. The minimum Gasteiger partial charge on any atom is -0.309 e. The Labute approximate surface area is 99.6 Å². The van der Waals surface area contributed by atoms with Crippen molar-refractivity contribution in [1.29, 1.82) is 0 Å². The molecule has 0 unspecified atom stereocenters. The Balaban J connectivity index is 1.58. The van der Waals surface area contributed by atoms with Gasteiger partial charge >= 0.3 is 0 Å². The molecule has 1 heteroatoms. The molecule has 90 valence electrons. The lowest BCUT2D eigenvalue weighted by Gasteiger charge is -2.56. The van der Waals surface area contributed by atoms with Crippen molar-refractivity contribution in [3.63, 3.8) is 0 Å². The maximum Gasteiger partial charge on any atom is 0.000929 e. The van der Waals surface area contributed by atoms with Crippen molar-refractivity contribution >= 4 is 0 Å². The van der Waals surface area contributed by atoms with Gasteiger partial charge in [-0.2, -0.15) is 0 Å². The average Bonchev–Trinajstić information content (AvgIpc) is 2.88. The molecule has 5 aliphatic rings. The Bertz CT molecular complexity index is 279. The summed E-state index contributed by atoms with van der Waals surface area (Å²) in [5.41, 5.74) is 0.859. The van der Waals surface area contributed by atoms with E-state index in [0.717, 1.165) is 35.0 Å². The molecule has 5 rings (SSSR count). The molecule has 0 saturated heterocycles. The van der Waals surface area contributed by atoms with Gasteiger partial charge in [0.05, 0.1) is 0 Å². The lowest BCUT2D eigenvalue weighted by molar-refractivity contribution is -0.0612. The van der Waals surface area contributed by atoms with Crippen LogP contribution in [0.3, 0.4) is 0 Å². The maximum absolute atomic E-state index is 2.42. The van der Waals surface area contributed by atoms with Gasteiger partial charge in [-0.15, -0.1) is 0 Å². The van der Waals surface area contributed by atoms with Crippen molar-refractivity contribution in [2.24, 2.45) is 35.0 Å². The lowest BCUT2D eigenvalue weighted by atomic mass is 9.49. The molecule has 4 bridgehead atoms. The first-order chi connectivity index (χ1) is 7.68. The van der Waals surface area contributed by atoms with Crippen molar-refractivity contribution < 1.29 is 0 Å². The van der Waals surface area contributed by atoms with Crippen molar-refractivity contribution in [3.8, 4) is 0 Å². The van der Waals surface area contributed by atoms with Crippen molar-refractivity contribution in [1.82, 2.24) is 4.90 Å². The van der Waals surface area contributed by atoms with Gasteiger partial charge in [-0.1, -0.05) is 0 Å². The second-order valence-corrected chi connectivity index (χ2v) is 7.58. The van der Waals surface area contributed by atoms with Gasteiger partial charge in [-0.25, -0.2) is 0 Å². The molecule has 5 fully saturated rings. The summed E-state index contributed by atoms with van der Waals surface area (Å²) in [5.74, 6) is 5.65. The quantitative estimate of drug-likeness (QED) is 0.690. The molecule has 0 aliphatic heterocycles. The van der Waals surface area contributed by atoms with Gasteiger partial charge in [0.15, 0.2) is 0 Å². The van der Waals surface area contributed by atoms with Crippen molar-refractivity contribution in [2.75, 3.05) is 20.6 Å². The van der Waals surface area contributed by atoms with E-state index in [0.29, 0.717) is 0 Å². The summed E-state index contributed by atoms with van der Waals surface area (Å²) in [6, 6.07) is 0. The molecule has 1 atom stereocenters. The molecule has 1 nitrogen and oxygen atoms in total. The van der Waals surface area contributed by atoms with Crippen molar-refractivity contribution in [2.45, 2.75) is 38.5 Å². The van der Waals surface area contributed by atoms with Gasteiger partial charge in [0.1, 0.15) is 0 Å². The summed E-state index contributed by atoms with van der Waals surface area (Å²) in [7, 11) is 4.50. The fourth-order valence-electron chi connectivity index (χ4n) is 6.10. The third-order valence-corrected chi connectivity index (χ3v) is 6.44. The lowest BCUT2D eigenvalue weighted by Crippen LogP contribution is -2.47. The van der Waals surface area contributed by atoms with E-state index < -0.39 is 0 Å². The molecule has 0 heterocycles. The summed E-state index contributed by atoms with van der Waals surface area (Å²) in [6.45, 7) is 1.36. The molecule has 0 aromatic rings. The highest BCUT2D eigenvalue weighted by atomic mass is 15.1. The van der Waals surface area contributed by atoms with E-state index in [9.17, 15) is 0 Å².